The zero-order valence-electron chi connectivity index (χ0n) is 18.6. The van der Waals surface area contributed by atoms with Gasteiger partial charge in [0.15, 0.2) is 0 Å². The monoisotopic (exact) mass is 404 g/mol. The largest absolute Gasteiger partial charge is 0.338 e. The molecule has 0 saturated heterocycles. The van der Waals surface area contributed by atoms with Crippen molar-refractivity contribution in [3.63, 3.8) is 0 Å². The van der Waals surface area contributed by atoms with E-state index in [2.05, 4.69) is 128 Å². The van der Waals surface area contributed by atoms with Crippen LogP contribution in [0.2, 0.25) is 0 Å². The van der Waals surface area contributed by atoms with Gasteiger partial charge in [0.05, 0.1) is 22.4 Å². The number of nitrogens with zero attached hydrogens (tertiary/aromatic N) is 2. The van der Waals surface area contributed by atoms with Crippen LogP contribution in [0.3, 0.4) is 0 Å². The number of hydrogen-bond donors (Lipinski definition) is 0. The van der Waals surface area contributed by atoms with Crippen LogP contribution in [0.15, 0.2) is 78.9 Å². The Morgan fingerprint density at radius 3 is 2.03 bits per heavy atom. The summed E-state index contributed by atoms with van der Waals surface area (Å²) in [5.74, 6) is 0. The van der Waals surface area contributed by atoms with E-state index in [1.165, 1.54) is 49.7 Å². The van der Waals surface area contributed by atoms with E-state index >= 15 is 0 Å². The average molecular weight is 405 g/mol. The molecule has 0 saturated carbocycles. The van der Waals surface area contributed by atoms with E-state index in [0.717, 1.165) is 0 Å². The first-order chi connectivity index (χ1) is 15.2. The lowest BCUT2D eigenvalue weighted by atomic mass is 10.1. The summed E-state index contributed by atoms with van der Waals surface area (Å²) >= 11 is 0. The Labute approximate surface area is 183 Å². The molecule has 31 heavy (non-hydrogen) atoms. The Morgan fingerprint density at radius 1 is 0.677 bits per heavy atom. The van der Waals surface area contributed by atoms with Gasteiger partial charge < -0.3 is 9.13 Å². The van der Waals surface area contributed by atoms with Crippen molar-refractivity contribution in [3.8, 4) is 5.69 Å². The van der Waals surface area contributed by atoms with Gasteiger partial charge in [-0.15, -0.1) is 0 Å². The highest BCUT2D eigenvalue weighted by molar-refractivity contribution is 6.13. The Hall–Kier alpha value is -3.52. The maximum Gasteiger partial charge on any atom is 0.0562 e. The van der Waals surface area contributed by atoms with Crippen LogP contribution in [-0.4, -0.2) is 9.13 Å². The molecule has 2 aromatic heterocycles. The van der Waals surface area contributed by atoms with E-state index in [1.807, 2.05) is 0 Å². The van der Waals surface area contributed by atoms with Gasteiger partial charge in [0, 0.05) is 33.3 Å². The number of aromatic nitrogens is 2. The molecule has 0 radical (unpaired) electrons. The number of benzene rings is 3. The second kappa shape index (κ2) is 7.63. The van der Waals surface area contributed by atoms with Gasteiger partial charge in [-0.1, -0.05) is 60.7 Å². The van der Waals surface area contributed by atoms with Gasteiger partial charge in [-0.25, -0.2) is 0 Å². The summed E-state index contributed by atoms with van der Waals surface area (Å²) in [5.41, 5.74) is 7.52. The molecule has 2 heterocycles. The minimum absolute atomic E-state index is 0.382. The third kappa shape index (κ3) is 2.86. The summed E-state index contributed by atoms with van der Waals surface area (Å²) in [6.45, 7) is 8.70. The lowest BCUT2D eigenvalue weighted by Gasteiger charge is -2.14. The summed E-state index contributed by atoms with van der Waals surface area (Å²) in [6.07, 6.45) is 8.72. The second-order valence-corrected chi connectivity index (χ2v) is 8.30. The molecule has 0 bridgehead atoms. The van der Waals surface area contributed by atoms with Crippen molar-refractivity contribution in [3.05, 3.63) is 90.1 Å². The summed E-state index contributed by atoms with van der Waals surface area (Å²) in [4.78, 5) is 0. The number of hydrogen-bond acceptors (Lipinski definition) is 0. The fourth-order valence-electron chi connectivity index (χ4n) is 4.98. The number of rotatable bonds is 4. The highest BCUT2D eigenvalue weighted by atomic mass is 15.0. The van der Waals surface area contributed by atoms with Crippen LogP contribution < -0.4 is 0 Å². The average Bonchev–Trinajstić information content (AvgIpc) is 3.28. The predicted octanol–water partition coefficient (Wildman–Crippen LogP) is 8.39. The van der Waals surface area contributed by atoms with Crippen LogP contribution in [0.4, 0.5) is 0 Å². The van der Waals surface area contributed by atoms with Crippen molar-refractivity contribution < 1.29 is 0 Å². The lowest BCUT2D eigenvalue weighted by molar-refractivity contribution is 0.642. The summed E-state index contributed by atoms with van der Waals surface area (Å²) in [6, 6.07) is 24.6. The molecule has 0 aliphatic carbocycles. The molecule has 154 valence electrons. The predicted molar refractivity (Wildman–Crippen MR) is 136 cm³/mol. The van der Waals surface area contributed by atoms with Crippen LogP contribution in [0.5, 0.6) is 0 Å². The van der Waals surface area contributed by atoms with E-state index < -0.39 is 0 Å². The second-order valence-electron chi connectivity index (χ2n) is 8.30. The van der Waals surface area contributed by atoms with Crippen molar-refractivity contribution >= 4 is 44.9 Å². The van der Waals surface area contributed by atoms with Crippen LogP contribution in [0, 0.1) is 0 Å². The molecular weight excluding hydrogens is 376 g/mol. The minimum Gasteiger partial charge on any atom is -0.338 e. The summed E-state index contributed by atoms with van der Waals surface area (Å²) < 4.78 is 4.89. The number of para-hydroxylation sites is 2. The Kier molecular flexibility index (Phi) is 4.78. The van der Waals surface area contributed by atoms with Crippen LogP contribution >= 0.6 is 0 Å². The Morgan fingerprint density at radius 2 is 1.32 bits per heavy atom. The van der Waals surface area contributed by atoms with Gasteiger partial charge in [-0.05, 0) is 58.0 Å². The molecule has 2 heteroatoms. The highest BCUT2D eigenvalue weighted by Gasteiger charge is 2.20. The standard InChI is InChI=1S/C29H28N2/c1-5-12-21-22-14-7-9-16-25(22)31(24(21)13-6-2)28-19-11-18-27-29(28)23-15-8-10-17-26(23)30(27)20(3)4/h5-20H,1-4H3/b12-5-,13-6-. The molecule has 0 aliphatic rings. The fourth-order valence-corrected chi connectivity index (χ4v) is 4.98. The molecule has 0 amide bonds. The zero-order valence-corrected chi connectivity index (χ0v) is 18.6. The van der Waals surface area contributed by atoms with Gasteiger partial charge in [-0.3, -0.25) is 0 Å². The third-order valence-electron chi connectivity index (χ3n) is 6.08. The molecule has 0 atom stereocenters. The molecule has 0 N–H and O–H groups in total. The van der Waals surface area contributed by atoms with Crippen LogP contribution in [0.25, 0.3) is 50.5 Å². The van der Waals surface area contributed by atoms with Crippen molar-refractivity contribution in [2.24, 2.45) is 0 Å². The molecule has 0 unspecified atom stereocenters. The molecular formula is C29H28N2. The Balaban J connectivity index is 2.01. The van der Waals surface area contributed by atoms with E-state index in [9.17, 15) is 0 Å². The number of fused-ring (bicyclic) bond motifs is 4. The van der Waals surface area contributed by atoms with Crippen molar-refractivity contribution in [1.82, 2.24) is 9.13 Å². The molecule has 2 nitrogen and oxygen atoms in total. The van der Waals surface area contributed by atoms with Crippen LogP contribution in [0.1, 0.15) is 45.0 Å². The topological polar surface area (TPSA) is 9.86 Å². The van der Waals surface area contributed by atoms with E-state index in [4.69, 9.17) is 0 Å². The normalized spacial score (nSPS) is 12.5. The van der Waals surface area contributed by atoms with Gasteiger partial charge in [-0.2, -0.15) is 0 Å². The SMILES string of the molecule is C/C=C\c1c(/C=C\C)n(-c2cccc3c2c2ccccc2n3C(C)C)c2ccccc12. The van der Waals surface area contributed by atoms with Crippen LogP contribution in [-0.2, 0) is 0 Å². The lowest BCUT2D eigenvalue weighted by Crippen LogP contribution is -2.01. The van der Waals surface area contributed by atoms with Crippen molar-refractivity contribution in [2.75, 3.05) is 0 Å². The smallest absolute Gasteiger partial charge is 0.0562 e. The minimum atomic E-state index is 0.382. The third-order valence-corrected chi connectivity index (χ3v) is 6.08. The number of allylic oxidation sites excluding steroid dienone is 2. The van der Waals surface area contributed by atoms with Gasteiger partial charge in [0.2, 0.25) is 0 Å². The molecule has 0 fully saturated rings. The van der Waals surface area contributed by atoms with E-state index in [0.29, 0.717) is 6.04 Å². The van der Waals surface area contributed by atoms with Gasteiger partial charge in [0.25, 0.3) is 0 Å². The molecule has 3 aromatic carbocycles. The summed E-state index contributed by atoms with van der Waals surface area (Å²) in [5, 5.41) is 3.89. The molecule has 5 aromatic rings. The molecule has 0 spiro atoms. The highest BCUT2D eigenvalue weighted by Crippen LogP contribution is 2.39. The quantitative estimate of drug-likeness (QED) is 0.285. The van der Waals surface area contributed by atoms with Crippen molar-refractivity contribution in [1.29, 1.82) is 0 Å². The van der Waals surface area contributed by atoms with Gasteiger partial charge >= 0.3 is 0 Å². The first-order valence-corrected chi connectivity index (χ1v) is 11.1. The summed E-state index contributed by atoms with van der Waals surface area (Å²) in [7, 11) is 0. The fraction of sp³-hybridized carbons (Fsp3) is 0.172. The first kappa shape index (κ1) is 19.4. The van der Waals surface area contributed by atoms with Gasteiger partial charge in [0.1, 0.15) is 0 Å². The van der Waals surface area contributed by atoms with E-state index in [1.54, 1.807) is 0 Å². The first-order valence-electron chi connectivity index (χ1n) is 11.1. The maximum atomic E-state index is 2.46. The maximum absolute atomic E-state index is 2.46. The molecule has 5 rings (SSSR count). The Bertz CT molecular complexity index is 1470. The molecule has 0 aliphatic heterocycles. The van der Waals surface area contributed by atoms with Crippen molar-refractivity contribution in [2.45, 2.75) is 33.7 Å². The zero-order chi connectivity index (χ0) is 21.5. The van der Waals surface area contributed by atoms with E-state index in [-0.39, 0.29) is 0 Å².